The van der Waals surface area contributed by atoms with Gasteiger partial charge < -0.3 is 14.5 Å². The number of nitrogens with zero attached hydrogens (tertiary/aromatic N) is 2. The van der Waals surface area contributed by atoms with Gasteiger partial charge in [-0.1, -0.05) is 12.1 Å². The SMILES string of the molecule is COc1cc(CN2CCC[C@H](c3nc4ccccc4[nH]3)C2)cc(OC)c1. The monoisotopic (exact) mass is 351 g/mol. The highest BCUT2D eigenvalue weighted by molar-refractivity contribution is 5.74. The number of piperidine rings is 1. The van der Waals surface area contributed by atoms with Gasteiger partial charge in [-0.15, -0.1) is 0 Å². The molecule has 0 radical (unpaired) electrons. The highest BCUT2D eigenvalue weighted by atomic mass is 16.5. The Hall–Kier alpha value is -2.53. The molecule has 1 saturated heterocycles. The average molecular weight is 351 g/mol. The molecule has 1 atom stereocenters. The summed E-state index contributed by atoms with van der Waals surface area (Å²) < 4.78 is 10.8. The number of nitrogens with one attached hydrogen (secondary N) is 1. The Balaban J connectivity index is 1.50. The van der Waals surface area contributed by atoms with Crippen LogP contribution in [0.4, 0.5) is 0 Å². The number of para-hydroxylation sites is 2. The molecule has 0 unspecified atom stereocenters. The number of aromatic nitrogens is 2. The number of ether oxygens (including phenoxy) is 2. The summed E-state index contributed by atoms with van der Waals surface area (Å²) in [5, 5.41) is 0. The van der Waals surface area contributed by atoms with Gasteiger partial charge in [0.05, 0.1) is 25.3 Å². The van der Waals surface area contributed by atoms with Crippen LogP contribution in [0.1, 0.15) is 30.1 Å². The molecule has 2 heterocycles. The lowest BCUT2D eigenvalue weighted by molar-refractivity contribution is 0.196. The zero-order chi connectivity index (χ0) is 17.9. The van der Waals surface area contributed by atoms with Crippen LogP contribution in [0.3, 0.4) is 0 Å². The zero-order valence-electron chi connectivity index (χ0n) is 15.4. The van der Waals surface area contributed by atoms with Gasteiger partial charge in [-0.2, -0.15) is 0 Å². The van der Waals surface area contributed by atoms with Crippen LogP contribution in [0.5, 0.6) is 11.5 Å². The van der Waals surface area contributed by atoms with Crippen LogP contribution in [-0.4, -0.2) is 42.2 Å². The molecule has 5 nitrogen and oxygen atoms in total. The molecular formula is C21H25N3O2. The van der Waals surface area contributed by atoms with Crippen molar-refractivity contribution >= 4 is 11.0 Å². The predicted molar refractivity (Wildman–Crippen MR) is 103 cm³/mol. The summed E-state index contributed by atoms with van der Waals surface area (Å²) in [5.74, 6) is 3.23. The second kappa shape index (κ2) is 7.38. The Morgan fingerprint density at radius 2 is 1.88 bits per heavy atom. The van der Waals surface area contributed by atoms with Crippen LogP contribution < -0.4 is 9.47 Å². The lowest BCUT2D eigenvalue weighted by atomic mass is 9.97. The van der Waals surface area contributed by atoms with Gasteiger partial charge in [0, 0.05) is 25.1 Å². The molecule has 2 aromatic carbocycles. The topological polar surface area (TPSA) is 50.4 Å². The Morgan fingerprint density at radius 1 is 1.12 bits per heavy atom. The second-order valence-electron chi connectivity index (χ2n) is 6.93. The standard InChI is InChI=1S/C21H25N3O2/c1-25-17-10-15(11-18(12-17)26-2)13-24-9-5-6-16(14-24)21-22-19-7-3-4-8-20(19)23-21/h3-4,7-8,10-12,16H,5-6,9,13-14H2,1-2H3,(H,22,23)/t16-/m0/s1. The molecule has 0 aliphatic carbocycles. The van der Waals surface area contributed by atoms with E-state index >= 15 is 0 Å². The minimum atomic E-state index is 0.448. The summed E-state index contributed by atoms with van der Waals surface area (Å²) in [4.78, 5) is 10.8. The molecule has 0 bridgehead atoms. The number of aromatic amines is 1. The molecule has 1 N–H and O–H groups in total. The van der Waals surface area contributed by atoms with Gasteiger partial charge in [0.2, 0.25) is 0 Å². The van der Waals surface area contributed by atoms with Gasteiger partial charge in [-0.25, -0.2) is 4.98 Å². The summed E-state index contributed by atoms with van der Waals surface area (Å²) in [5.41, 5.74) is 3.39. The van der Waals surface area contributed by atoms with Crippen molar-refractivity contribution in [2.45, 2.75) is 25.3 Å². The van der Waals surface area contributed by atoms with Crippen LogP contribution in [0, 0.1) is 0 Å². The molecule has 0 amide bonds. The van der Waals surface area contributed by atoms with E-state index in [2.05, 4.69) is 34.1 Å². The van der Waals surface area contributed by atoms with E-state index in [0.29, 0.717) is 5.92 Å². The van der Waals surface area contributed by atoms with Crippen molar-refractivity contribution in [3.05, 3.63) is 53.9 Å². The van der Waals surface area contributed by atoms with E-state index in [1.165, 1.54) is 18.4 Å². The number of imidazole rings is 1. The predicted octanol–water partition coefficient (Wildman–Crippen LogP) is 3.96. The van der Waals surface area contributed by atoms with Crippen LogP contribution >= 0.6 is 0 Å². The summed E-state index contributed by atoms with van der Waals surface area (Å²) in [6.07, 6.45) is 2.36. The van der Waals surface area contributed by atoms with Crippen molar-refractivity contribution < 1.29 is 9.47 Å². The molecule has 1 aliphatic rings. The first-order chi connectivity index (χ1) is 12.7. The van der Waals surface area contributed by atoms with Crippen molar-refractivity contribution in [1.82, 2.24) is 14.9 Å². The third-order valence-corrected chi connectivity index (χ3v) is 5.12. The van der Waals surface area contributed by atoms with Crippen LogP contribution in [0.15, 0.2) is 42.5 Å². The van der Waals surface area contributed by atoms with E-state index in [0.717, 1.165) is 48.0 Å². The third-order valence-electron chi connectivity index (χ3n) is 5.12. The van der Waals surface area contributed by atoms with E-state index < -0.39 is 0 Å². The zero-order valence-corrected chi connectivity index (χ0v) is 15.4. The molecule has 1 fully saturated rings. The van der Waals surface area contributed by atoms with Crippen molar-refractivity contribution in [2.75, 3.05) is 27.3 Å². The molecule has 0 saturated carbocycles. The fourth-order valence-electron chi connectivity index (χ4n) is 3.80. The third kappa shape index (κ3) is 3.53. The number of rotatable bonds is 5. The average Bonchev–Trinajstić information content (AvgIpc) is 3.12. The summed E-state index contributed by atoms with van der Waals surface area (Å²) >= 11 is 0. The molecule has 1 aromatic heterocycles. The van der Waals surface area contributed by atoms with Crippen molar-refractivity contribution in [2.24, 2.45) is 0 Å². The fraction of sp³-hybridized carbons (Fsp3) is 0.381. The van der Waals surface area contributed by atoms with Gasteiger partial charge in [-0.05, 0) is 49.2 Å². The Labute approximate surface area is 153 Å². The van der Waals surface area contributed by atoms with E-state index in [1.54, 1.807) is 14.2 Å². The normalized spacial score (nSPS) is 18.2. The number of hydrogen-bond donors (Lipinski definition) is 1. The summed E-state index contributed by atoms with van der Waals surface area (Å²) in [6.45, 7) is 3.01. The van der Waals surface area contributed by atoms with Crippen molar-refractivity contribution in [3.63, 3.8) is 0 Å². The first-order valence-electron chi connectivity index (χ1n) is 9.14. The lowest BCUT2D eigenvalue weighted by Gasteiger charge is -2.32. The van der Waals surface area contributed by atoms with E-state index in [4.69, 9.17) is 14.5 Å². The number of benzene rings is 2. The molecule has 5 heteroatoms. The van der Waals surface area contributed by atoms with Gasteiger partial charge >= 0.3 is 0 Å². The van der Waals surface area contributed by atoms with Gasteiger partial charge in [0.25, 0.3) is 0 Å². The number of likely N-dealkylation sites (tertiary alicyclic amines) is 1. The molecule has 1 aliphatic heterocycles. The Morgan fingerprint density at radius 3 is 2.62 bits per heavy atom. The van der Waals surface area contributed by atoms with Gasteiger partial charge in [-0.3, -0.25) is 4.90 Å². The molecule has 3 aromatic rings. The second-order valence-corrected chi connectivity index (χ2v) is 6.93. The van der Waals surface area contributed by atoms with Crippen molar-refractivity contribution in [1.29, 1.82) is 0 Å². The number of methoxy groups -OCH3 is 2. The minimum Gasteiger partial charge on any atom is -0.497 e. The molecule has 136 valence electrons. The van der Waals surface area contributed by atoms with Crippen LogP contribution in [-0.2, 0) is 6.54 Å². The number of hydrogen-bond acceptors (Lipinski definition) is 4. The summed E-state index contributed by atoms with van der Waals surface area (Å²) in [6, 6.07) is 14.3. The summed E-state index contributed by atoms with van der Waals surface area (Å²) in [7, 11) is 3.38. The quantitative estimate of drug-likeness (QED) is 0.756. The molecule has 26 heavy (non-hydrogen) atoms. The molecule has 0 spiro atoms. The van der Waals surface area contributed by atoms with Crippen LogP contribution in [0.2, 0.25) is 0 Å². The maximum absolute atomic E-state index is 5.40. The van der Waals surface area contributed by atoms with Gasteiger partial charge in [0.1, 0.15) is 17.3 Å². The lowest BCUT2D eigenvalue weighted by Crippen LogP contribution is -2.34. The first kappa shape index (κ1) is 16.9. The maximum atomic E-state index is 5.40. The molecule has 4 rings (SSSR count). The van der Waals surface area contributed by atoms with Crippen LogP contribution in [0.25, 0.3) is 11.0 Å². The van der Waals surface area contributed by atoms with Gasteiger partial charge in [0.15, 0.2) is 0 Å². The maximum Gasteiger partial charge on any atom is 0.122 e. The van der Waals surface area contributed by atoms with E-state index in [-0.39, 0.29) is 0 Å². The van der Waals surface area contributed by atoms with E-state index in [9.17, 15) is 0 Å². The first-order valence-corrected chi connectivity index (χ1v) is 9.14. The van der Waals surface area contributed by atoms with Crippen molar-refractivity contribution in [3.8, 4) is 11.5 Å². The largest absolute Gasteiger partial charge is 0.497 e. The molecular weight excluding hydrogens is 326 g/mol. The van der Waals surface area contributed by atoms with E-state index in [1.807, 2.05) is 18.2 Å². The fourth-order valence-corrected chi connectivity index (χ4v) is 3.80. The highest BCUT2D eigenvalue weighted by Gasteiger charge is 2.24. The smallest absolute Gasteiger partial charge is 0.122 e. The minimum absolute atomic E-state index is 0.448. The highest BCUT2D eigenvalue weighted by Crippen LogP contribution is 2.29. The number of H-pyrrole nitrogens is 1. The Kier molecular flexibility index (Phi) is 4.80. The Bertz CT molecular complexity index is 835. The number of fused-ring (bicyclic) bond motifs is 1.